The van der Waals surface area contributed by atoms with Crippen LogP contribution in [0.1, 0.15) is 76.7 Å². The second-order valence-electron chi connectivity index (χ2n) is 6.52. The van der Waals surface area contributed by atoms with Gasteiger partial charge in [0.2, 0.25) is 5.91 Å². The van der Waals surface area contributed by atoms with E-state index in [1.165, 1.54) is 57.8 Å². The van der Waals surface area contributed by atoms with Crippen molar-refractivity contribution < 1.29 is 9.53 Å². The molecule has 0 aliphatic rings. The monoisotopic (exact) mass is 333 g/mol. The van der Waals surface area contributed by atoms with Crippen molar-refractivity contribution in [2.45, 2.75) is 77.6 Å². The number of methoxy groups -OCH3 is 1. The maximum Gasteiger partial charge on any atom is 0.224 e. The number of nitrogens with one attached hydrogen (secondary N) is 1. The van der Waals surface area contributed by atoms with Crippen LogP contribution in [-0.4, -0.2) is 19.6 Å². The summed E-state index contributed by atoms with van der Waals surface area (Å²) in [7, 11) is 1.64. The summed E-state index contributed by atoms with van der Waals surface area (Å²) in [6.45, 7) is 3.04. The first-order chi connectivity index (χ1) is 11.8. The van der Waals surface area contributed by atoms with Crippen molar-refractivity contribution in [1.82, 2.24) is 5.32 Å². The van der Waals surface area contributed by atoms with E-state index < -0.39 is 0 Å². The quantitative estimate of drug-likeness (QED) is 0.471. The summed E-state index contributed by atoms with van der Waals surface area (Å²) in [6, 6.07) is 7.70. The smallest absolute Gasteiger partial charge is 0.224 e. The largest absolute Gasteiger partial charge is 0.496 e. The van der Waals surface area contributed by atoms with Crippen molar-refractivity contribution >= 4 is 5.91 Å². The molecule has 0 saturated carbocycles. The molecule has 3 heteroatoms. The Morgan fingerprint density at radius 1 is 0.917 bits per heavy atom. The van der Waals surface area contributed by atoms with E-state index in [0.717, 1.165) is 24.3 Å². The molecule has 0 fully saturated rings. The summed E-state index contributed by atoms with van der Waals surface area (Å²) >= 11 is 0. The zero-order valence-electron chi connectivity index (χ0n) is 15.6. The third kappa shape index (κ3) is 9.59. The fourth-order valence-electron chi connectivity index (χ4n) is 2.92. The molecule has 1 aromatic carbocycles. The average molecular weight is 334 g/mol. The van der Waals surface area contributed by atoms with Gasteiger partial charge in [-0.05, 0) is 12.5 Å². The number of unbranched alkanes of at least 4 members (excludes halogenated alkanes) is 9. The first-order valence-electron chi connectivity index (χ1n) is 9.66. The zero-order valence-corrected chi connectivity index (χ0v) is 15.6. The molecule has 0 atom stereocenters. The van der Waals surface area contributed by atoms with Crippen LogP contribution in [0.25, 0.3) is 0 Å². The lowest BCUT2D eigenvalue weighted by molar-refractivity contribution is -0.120. The molecule has 1 aromatic rings. The van der Waals surface area contributed by atoms with Crippen molar-refractivity contribution in [3.05, 3.63) is 29.8 Å². The van der Waals surface area contributed by atoms with Gasteiger partial charge < -0.3 is 10.1 Å². The lowest BCUT2D eigenvalue weighted by Crippen LogP contribution is -2.26. The van der Waals surface area contributed by atoms with Crippen LogP contribution in [0.5, 0.6) is 5.75 Å². The Morgan fingerprint density at radius 3 is 2.12 bits per heavy atom. The molecule has 1 amide bonds. The van der Waals surface area contributed by atoms with E-state index in [1.807, 2.05) is 24.3 Å². The maximum atomic E-state index is 12.0. The number of carbonyl (C=O) groups is 1. The summed E-state index contributed by atoms with van der Waals surface area (Å²) in [4.78, 5) is 12.0. The second-order valence-corrected chi connectivity index (χ2v) is 6.52. The van der Waals surface area contributed by atoms with Crippen molar-refractivity contribution in [1.29, 1.82) is 0 Å². The Balaban J connectivity index is 1.98. The number of rotatable bonds is 14. The molecular formula is C21H35NO2. The second kappa shape index (κ2) is 13.9. The van der Waals surface area contributed by atoms with Crippen LogP contribution in [0.15, 0.2) is 24.3 Å². The molecule has 136 valence electrons. The van der Waals surface area contributed by atoms with Crippen molar-refractivity contribution in [3.63, 3.8) is 0 Å². The highest BCUT2D eigenvalue weighted by Gasteiger charge is 2.07. The van der Waals surface area contributed by atoms with Crippen molar-refractivity contribution in [2.75, 3.05) is 13.7 Å². The summed E-state index contributed by atoms with van der Waals surface area (Å²) in [5.41, 5.74) is 0.945. The number of hydrogen-bond donors (Lipinski definition) is 1. The molecule has 0 heterocycles. The summed E-state index contributed by atoms with van der Waals surface area (Å²) in [6.07, 6.45) is 13.6. The predicted molar refractivity (Wildman–Crippen MR) is 102 cm³/mol. The van der Waals surface area contributed by atoms with Gasteiger partial charge in [0.05, 0.1) is 13.5 Å². The molecule has 3 nitrogen and oxygen atoms in total. The summed E-state index contributed by atoms with van der Waals surface area (Å²) in [5.74, 6) is 0.863. The summed E-state index contributed by atoms with van der Waals surface area (Å²) < 4.78 is 5.28. The van der Waals surface area contributed by atoms with E-state index in [1.54, 1.807) is 7.11 Å². The van der Waals surface area contributed by atoms with Gasteiger partial charge in [0.1, 0.15) is 5.75 Å². The highest BCUT2D eigenvalue weighted by atomic mass is 16.5. The van der Waals surface area contributed by atoms with E-state index in [0.29, 0.717) is 6.42 Å². The molecule has 0 radical (unpaired) electrons. The maximum absolute atomic E-state index is 12.0. The molecule has 1 rings (SSSR count). The molecule has 1 N–H and O–H groups in total. The number of amides is 1. The van der Waals surface area contributed by atoms with Gasteiger partial charge in [0, 0.05) is 12.1 Å². The van der Waals surface area contributed by atoms with Crippen LogP contribution < -0.4 is 10.1 Å². The number of hydrogen-bond acceptors (Lipinski definition) is 2. The minimum atomic E-state index is 0.0791. The lowest BCUT2D eigenvalue weighted by atomic mass is 10.1. The standard InChI is InChI=1S/C21H35NO2/c1-3-4-5-6-7-8-9-10-11-14-17-22-21(23)18-19-15-12-13-16-20(19)24-2/h12-13,15-16H,3-11,14,17-18H2,1-2H3,(H,22,23). The van der Waals surface area contributed by atoms with Gasteiger partial charge in [0.25, 0.3) is 0 Å². The fourth-order valence-corrected chi connectivity index (χ4v) is 2.92. The van der Waals surface area contributed by atoms with Gasteiger partial charge in [-0.25, -0.2) is 0 Å². The summed E-state index contributed by atoms with van der Waals surface area (Å²) in [5, 5.41) is 3.01. The predicted octanol–water partition coefficient (Wildman–Crippen LogP) is 5.27. The molecular weight excluding hydrogens is 298 g/mol. The highest BCUT2D eigenvalue weighted by molar-refractivity contribution is 5.79. The molecule has 0 aliphatic heterocycles. The molecule has 0 spiro atoms. The normalized spacial score (nSPS) is 10.6. The van der Waals surface area contributed by atoms with Crippen molar-refractivity contribution in [3.8, 4) is 5.75 Å². The van der Waals surface area contributed by atoms with Crippen LogP contribution in [0.4, 0.5) is 0 Å². The molecule has 0 saturated heterocycles. The third-order valence-corrected chi connectivity index (χ3v) is 4.40. The van der Waals surface area contributed by atoms with Gasteiger partial charge in [-0.3, -0.25) is 4.79 Å². The van der Waals surface area contributed by atoms with Crippen molar-refractivity contribution in [2.24, 2.45) is 0 Å². The van der Waals surface area contributed by atoms with Crippen LogP contribution in [0.3, 0.4) is 0 Å². The van der Waals surface area contributed by atoms with Crippen LogP contribution in [0, 0.1) is 0 Å². The molecule has 24 heavy (non-hydrogen) atoms. The van der Waals surface area contributed by atoms with Gasteiger partial charge in [-0.1, -0.05) is 82.9 Å². The van der Waals surface area contributed by atoms with Gasteiger partial charge in [-0.2, -0.15) is 0 Å². The van der Waals surface area contributed by atoms with Crippen LogP contribution >= 0.6 is 0 Å². The average Bonchev–Trinajstić information content (AvgIpc) is 2.60. The fraction of sp³-hybridized carbons (Fsp3) is 0.667. The lowest BCUT2D eigenvalue weighted by Gasteiger charge is -2.09. The van der Waals surface area contributed by atoms with E-state index >= 15 is 0 Å². The SMILES string of the molecule is CCCCCCCCCCCCNC(=O)Cc1ccccc1OC. The van der Waals surface area contributed by atoms with Crippen LogP contribution in [-0.2, 0) is 11.2 Å². The Kier molecular flexibility index (Phi) is 11.9. The van der Waals surface area contributed by atoms with Crippen LogP contribution in [0.2, 0.25) is 0 Å². The van der Waals surface area contributed by atoms with Gasteiger partial charge >= 0.3 is 0 Å². The number of ether oxygens (including phenoxy) is 1. The van der Waals surface area contributed by atoms with E-state index in [-0.39, 0.29) is 5.91 Å². The minimum Gasteiger partial charge on any atom is -0.496 e. The van der Waals surface area contributed by atoms with E-state index in [4.69, 9.17) is 4.74 Å². The van der Waals surface area contributed by atoms with Gasteiger partial charge in [0.15, 0.2) is 0 Å². The minimum absolute atomic E-state index is 0.0791. The zero-order chi connectivity index (χ0) is 17.5. The Labute approximate surface area is 148 Å². The van der Waals surface area contributed by atoms with Gasteiger partial charge in [-0.15, -0.1) is 0 Å². The van der Waals surface area contributed by atoms with E-state index in [2.05, 4.69) is 12.2 Å². The third-order valence-electron chi connectivity index (χ3n) is 4.40. The molecule has 0 bridgehead atoms. The van der Waals surface area contributed by atoms with E-state index in [9.17, 15) is 4.79 Å². The Hall–Kier alpha value is -1.51. The number of para-hydroxylation sites is 1. The Bertz CT molecular complexity index is 445. The molecule has 0 unspecified atom stereocenters. The molecule has 0 aliphatic carbocycles. The Morgan fingerprint density at radius 2 is 1.50 bits per heavy atom. The number of carbonyl (C=O) groups excluding carboxylic acids is 1. The molecule has 0 aromatic heterocycles. The first kappa shape index (κ1) is 20.5. The highest BCUT2D eigenvalue weighted by Crippen LogP contribution is 2.17. The number of benzene rings is 1. The first-order valence-corrected chi connectivity index (χ1v) is 9.66. The topological polar surface area (TPSA) is 38.3 Å².